The number of ether oxygens (including phenoxy) is 1. The van der Waals surface area contributed by atoms with Gasteiger partial charge in [-0.25, -0.2) is 4.98 Å². The Morgan fingerprint density at radius 3 is 2.61 bits per heavy atom. The molecular weight excluding hydrogens is 288 g/mol. The van der Waals surface area contributed by atoms with Crippen molar-refractivity contribution in [3.8, 4) is 11.5 Å². The summed E-state index contributed by atoms with van der Waals surface area (Å²) in [6.07, 6.45) is 5.61. The molecule has 4 nitrogen and oxygen atoms in total. The molecule has 3 aromatic rings. The number of aromatic nitrogens is 2. The fourth-order valence-corrected chi connectivity index (χ4v) is 2.61. The second-order valence-corrected chi connectivity index (χ2v) is 5.49. The van der Waals surface area contributed by atoms with E-state index in [4.69, 9.17) is 4.74 Å². The minimum absolute atomic E-state index is 0.294. The van der Waals surface area contributed by atoms with Crippen LogP contribution in [0.1, 0.15) is 17.0 Å². The van der Waals surface area contributed by atoms with Crippen molar-refractivity contribution in [3.05, 3.63) is 77.9 Å². The first-order chi connectivity index (χ1) is 11.2. The standard InChI is InChI=1S/C19H20N2O2/c1-23-18-8-5-15(6-9-18)7-10-19-20-11-12-21(19)14-16-3-2-4-17(22)13-16/h2-6,8-9,11-13,22H,7,10,14H2,1H3. The molecule has 4 heteroatoms. The topological polar surface area (TPSA) is 47.3 Å². The lowest BCUT2D eigenvalue weighted by atomic mass is 10.1. The van der Waals surface area contributed by atoms with Gasteiger partial charge in [0.15, 0.2) is 0 Å². The van der Waals surface area contributed by atoms with Gasteiger partial charge in [0.25, 0.3) is 0 Å². The molecule has 0 radical (unpaired) electrons. The molecule has 0 amide bonds. The van der Waals surface area contributed by atoms with E-state index in [2.05, 4.69) is 21.7 Å². The van der Waals surface area contributed by atoms with E-state index in [-0.39, 0.29) is 0 Å². The predicted octanol–water partition coefficient (Wildman–Crippen LogP) is 3.43. The molecule has 0 unspecified atom stereocenters. The minimum Gasteiger partial charge on any atom is -0.508 e. The first kappa shape index (κ1) is 15.2. The Hall–Kier alpha value is -2.75. The van der Waals surface area contributed by atoms with E-state index in [1.807, 2.05) is 36.7 Å². The monoisotopic (exact) mass is 308 g/mol. The molecule has 3 rings (SSSR count). The maximum absolute atomic E-state index is 9.57. The van der Waals surface area contributed by atoms with Gasteiger partial charge in [-0.1, -0.05) is 24.3 Å². The van der Waals surface area contributed by atoms with Crippen molar-refractivity contribution < 1.29 is 9.84 Å². The van der Waals surface area contributed by atoms with Gasteiger partial charge in [0, 0.05) is 25.4 Å². The molecule has 2 aromatic carbocycles. The summed E-state index contributed by atoms with van der Waals surface area (Å²) in [5, 5.41) is 9.57. The molecule has 118 valence electrons. The molecular formula is C19H20N2O2. The highest BCUT2D eigenvalue weighted by atomic mass is 16.5. The molecule has 0 aliphatic carbocycles. The van der Waals surface area contributed by atoms with Gasteiger partial charge in [0.05, 0.1) is 7.11 Å². The van der Waals surface area contributed by atoms with Crippen LogP contribution in [0.15, 0.2) is 60.9 Å². The zero-order valence-corrected chi connectivity index (χ0v) is 13.1. The number of rotatable bonds is 6. The Morgan fingerprint density at radius 2 is 1.87 bits per heavy atom. The number of aryl methyl sites for hydroxylation is 2. The van der Waals surface area contributed by atoms with Gasteiger partial charge >= 0.3 is 0 Å². The average molecular weight is 308 g/mol. The highest BCUT2D eigenvalue weighted by molar-refractivity contribution is 5.28. The van der Waals surface area contributed by atoms with Crippen molar-refractivity contribution in [2.45, 2.75) is 19.4 Å². The molecule has 0 fully saturated rings. The minimum atomic E-state index is 0.294. The van der Waals surface area contributed by atoms with Crippen LogP contribution >= 0.6 is 0 Å². The van der Waals surface area contributed by atoms with Crippen LogP contribution in [-0.4, -0.2) is 21.8 Å². The average Bonchev–Trinajstić information content (AvgIpc) is 3.00. The lowest BCUT2D eigenvalue weighted by molar-refractivity contribution is 0.414. The van der Waals surface area contributed by atoms with Gasteiger partial charge in [0.2, 0.25) is 0 Å². The molecule has 0 spiro atoms. The summed E-state index contributed by atoms with van der Waals surface area (Å²) in [5.41, 5.74) is 2.33. The Morgan fingerprint density at radius 1 is 1.04 bits per heavy atom. The Balaban J connectivity index is 1.66. The molecule has 1 heterocycles. The largest absolute Gasteiger partial charge is 0.508 e. The smallest absolute Gasteiger partial charge is 0.118 e. The van der Waals surface area contributed by atoms with Gasteiger partial charge in [-0.15, -0.1) is 0 Å². The zero-order valence-electron chi connectivity index (χ0n) is 13.1. The van der Waals surface area contributed by atoms with Crippen LogP contribution in [0.5, 0.6) is 11.5 Å². The summed E-state index contributed by atoms with van der Waals surface area (Å²) in [6.45, 7) is 0.715. The summed E-state index contributed by atoms with van der Waals surface area (Å²) in [4.78, 5) is 4.46. The lowest BCUT2D eigenvalue weighted by Crippen LogP contribution is -2.05. The quantitative estimate of drug-likeness (QED) is 0.759. The SMILES string of the molecule is COc1ccc(CCc2nccn2Cc2cccc(O)c2)cc1. The van der Waals surface area contributed by atoms with Crippen LogP contribution in [0.2, 0.25) is 0 Å². The number of aromatic hydroxyl groups is 1. The molecule has 1 N–H and O–H groups in total. The number of imidazole rings is 1. The summed E-state index contributed by atoms with van der Waals surface area (Å²) >= 11 is 0. The number of nitrogens with zero attached hydrogens (tertiary/aromatic N) is 2. The van der Waals surface area contributed by atoms with Crippen molar-refractivity contribution in [1.82, 2.24) is 9.55 Å². The van der Waals surface area contributed by atoms with E-state index in [0.717, 1.165) is 30.0 Å². The van der Waals surface area contributed by atoms with E-state index in [9.17, 15) is 5.11 Å². The molecule has 0 bridgehead atoms. The van der Waals surface area contributed by atoms with Gasteiger partial charge < -0.3 is 14.4 Å². The van der Waals surface area contributed by atoms with Crippen molar-refractivity contribution >= 4 is 0 Å². The normalized spacial score (nSPS) is 10.7. The van der Waals surface area contributed by atoms with Crippen LogP contribution in [0.25, 0.3) is 0 Å². The number of hydrogen-bond donors (Lipinski definition) is 1. The second-order valence-electron chi connectivity index (χ2n) is 5.49. The Labute approximate surface area is 136 Å². The van der Waals surface area contributed by atoms with Crippen LogP contribution in [0.4, 0.5) is 0 Å². The highest BCUT2D eigenvalue weighted by Crippen LogP contribution is 2.15. The third-order valence-corrected chi connectivity index (χ3v) is 3.86. The molecule has 1 aromatic heterocycles. The van der Waals surface area contributed by atoms with Crippen molar-refractivity contribution in [2.24, 2.45) is 0 Å². The maximum atomic E-state index is 9.57. The third-order valence-electron chi connectivity index (χ3n) is 3.86. The first-order valence-electron chi connectivity index (χ1n) is 7.65. The number of phenolic OH excluding ortho intramolecular Hbond substituents is 1. The Bertz CT molecular complexity index is 763. The number of phenols is 1. The van der Waals surface area contributed by atoms with Gasteiger partial charge in [-0.2, -0.15) is 0 Å². The maximum Gasteiger partial charge on any atom is 0.118 e. The van der Waals surface area contributed by atoms with Crippen molar-refractivity contribution in [3.63, 3.8) is 0 Å². The molecule has 0 atom stereocenters. The fraction of sp³-hybridized carbons (Fsp3) is 0.211. The van der Waals surface area contributed by atoms with Crippen LogP contribution < -0.4 is 4.74 Å². The van der Waals surface area contributed by atoms with Gasteiger partial charge in [-0.3, -0.25) is 0 Å². The highest BCUT2D eigenvalue weighted by Gasteiger charge is 2.05. The fourth-order valence-electron chi connectivity index (χ4n) is 2.61. The van der Waals surface area contributed by atoms with E-state index in [0.29, 0.717) is 12.3 Å². The van der Waals surface area contributed by atoms with E-state index >= 15 is 0 Å². The van der Waals surface area contributed by atoms with Crippen LogP contribution in [0.3, 0.4) is 0 Å². The number of benzene rings is 2. The summed E-state index contributed by atoms with van der Waals surface area (Å²) in [6, 6.07) is 15.5. The lowest BCUT2D eigenvalue weighted by Gasteiger charge is -2.09. The molecule has 0 aliphatic rings. The van der Waals surface area contributed by atoms with Crippen LogP contribution in [0, 0.1) is 0 Å². The second kappa shape index (κ2) is 7.01. The van der Waals surface area contributed by atoms with Crippen molar-refractivity contribution in [2.75, 3.05) is 7.11 Å². The third kappa shape index (κ3) is 3.92. The molecule has 0 saturated carbocycles. The van der Waals surface area contributed by atoms with Crippen molar-refractivity contribution in [1.29, 1.82) is 0 Å². The first-order valence-corrected chi connectivity index (χ1v) is 7.65. The van der Waals surface area contributed by atoms with Gasteiger partial charge in [-0.05, 0) is 41.8 Å². The number of hydrogen-bond acceptors (Lipinski definition) is 3. The summed E-state index contributed by atoms with van der Waals surface area (Å²) in [5.74, 6) is 2.21. The zero-order chi connectivity index (χ0) is 16.1. The van der Waals surface area contributed by atoms with Gasteiger partial charge in [0.1, 0.15) is 17.3 Å². The number of methoxy groups -OCH3 is 1. The summed E-state index contributed by atoms with van der Waals surface area (Å²) < 4.78 is 7.30. The molecule has 23 heavy (non-hydrogen) atoms. The predicted molar refractivity (Wildman–Crippen MR) is 89.8 cm³/mol. The summed E-state index contributed by atoms with van der Waals surface area (Å²) in [7, 11) is 1.67. The molecule has 0 saturated heterocycles. The van der Waals surface area contributed by atoms with E-state index in [1.54, 1.807) is 19.2 Å². The van der Waals surface area contributed by atoms with E-state index in [1.165, 1.54) is 5.56 Å². The molecule has 0 aliphatic heterocycles. The van der Waals surface area contributed by atoms with E-state index < -0.39 is 0 Å². The Kier molecular flexibility index (Phi) is 4.62. The van der Waals surface area contributed by atoms with Crippen LogP contribution in [-0.2, 0) is 19.4 Å².